The van der Waals surface area contributed by atoms with Crippen molar-refractivity contribution in [2.24, 2.45) is 17.8 Å². The highest BCUT2D eigenvalue weighted by molar-refractivity contribution is 5.81. The maximum atomic E-state index is 12.0. The highest BCUT2D eigenvalue weighted by Crippen LogP contribution is 2.38. The first-order valence-electron chi connectivity index (χ1n) is 7.67. The van der Waals surface area contributed by atoms with Crippen LogP contribution in [-0.4, -0.2) is 41.5 Å². The lowest BCUT2D eigenvalue weighted by Crippen LogP contribution is -2.32. The van der Waals surface area contributed by atoms with Gasteiger partial charge in [-0.2, -0.15) is 0 Å². The highest BCUT2D eigenvalue weighted by Gasteiger charge is 2.42. The molecule has 4 unspecified atom stereocenters. The summed E-state index contributed by atoms with van der Waals surface area (Å²) in [4.78, 5) is 14.5. The summed E-state index contributed by atoms with van der Waals surface area (Å²) in [6, 6.07) is 0. The summed E-state index contributed by atoms with van der Waals surface area (Å²) in [5.41, 5.74) is 0. The fourth-order valence-electron chi connectivity index (χ4n) is 4.21. The molecule has 102 valence electrons. The van der Waals surface area contributed by atoms with Crippen LogP contribution in [0.15, 0.2) is 0 Å². The van der Waals surface area contributed by atoms with Gasteiger partial charge in [-0.3, -0.25) is 4.79 Å². The van der Waals surface area contributed by atoms with Crippen molar-refractivity contribution in [1.29, 1.82) is 0 Å². The number of ketones is 1. The van der Waals surface area contributed by atoms with E-state index in [2.05, 4.69) is 4.90 Å². The standard InChI is InChI=1S/C15H25NO2/c17-14-5-3-1-2-4-12(14)9-16-8-11-6-7-15(18)13(11)10-16/h11-13,15,18H,1-10H2. The number of nitrogens with zero attached hydrogens (tertiary/aromatic N) is 1. The molecule has 0 aromatic rings. The van der Waals surface area contributed by atoms with Crippen molar-refractivity contribution in [3.8, 4) is 0 Å². The Morgan fingerprint density at radius 1 is 1.11 bits per heavy atom. The number of carbonyl (C=O) groups excluding carboxylic acids is 1. The Bertz CT molecular complexity index is 318. The van der Waals surface area contributed by atoms with Crippen molar-refractivity contribution in [2.45, 2.75) is 51.0 Å². The first-order chi connectivity index (χ1) is 8.74. The van der Waals surface area contributed by atoms with E-state index in [4.69, 9.17) is 0 Å². The Morgan fingerprint density at radius 3 is 2.83 bits per heavy atom. The van der Waals surface area contributed by atoms with E-state index < -0.39 is 0 Å². The number of rotatable bonds is 2. The molecule has 3 aliphatic rings. The number of Topliss-reactive ketones (excluding diaryl/α,β-unsaturated/α-hetero) is 1. The maximum absolute atomic E-state index is 12.0. The van der Waals surface area contributed by atoms with Crippen LogP contribution in [-0.2, 0) is 4.79 Å². The lowest BCUT2D eigenvalue weighted by molar-refractivity contribution is -0.123. The molecule has 3 rings (SSSR count). The van der Waals surface area contributed by atoms with Crippen molar-refractivity contribution in [3.05, 3.63) is 0 Å². The fourth-order valence-corrected chi connectivity index (χ4v) is 4.21. The summed E-state index contributed by atoms with van der Waals surface area (Å²) in [6.07, 6.45) is 7.53. The van der Waals surface area contributed by atoms with Gasteiger partial charge in [0.15, 0.2) is 0 Å². The van der Waals surface area contributed by atoms with Gasteiger partial charge in [0.2, 0.25) is 0 Å². The minimum absolute atomic E-state index is 0.0789. The molecule has 1 heterocycles. The second kappa shape index (κ2) is 5.30. The second-order valence-corrected chi connectivity index (χ2v) is 6.55. The van der Waals surface area contributed by atoms with E-state index >= 15 is 0 Å². The first kappa shape index (κ1) is 12.6. The Labute approximate surface area is 110 Å². The van der Waals surface area contributed by atoms with Crippen LogP contribution in [0.4, 0.5) is 0 Å². The van der Waals surface area contributed by atoms with Gasteiger partial charge < -0.3 is 10.0 Å². The van der Waals surface area contributed by atoms with Crippen molar-refractivity contribution in [2.75, 3.05) is 19.6 Å². The third-order valence-electron chi connectivity index (χ3n) is 5.30. The molecular formula is C15H25NO2. The van der Waals surface area contributed by atoms with Gasteiger partial charge >= 0.3 is 0 Å². The molecular weight excluding hydrogens is 226 g/mol. The quantitative estimate of drug-likeness (QED) is 0.761. The molecule has 2 saturated carbocycles. The molecule has 0 amide bonds. The molecule has 1 N–H and O–H groups in total. The van der Waals surface area contributed by atoms with Crippen molar-refractivity contribution < 1.29 is 9.90 Å². The third kappa shape index (κ3) is 2.48. The zero-order valence-electron chi connectivity index (χ0n) is 11.2. The number of likely N-dealkylation sites (tertiary alicyclic amines) is 1. The number of aliphatic hydroxyl groups is 1. The van der Waals surface area contributed by atoms with Crippen LogP contribution in [0.25, 0.3) is 0 Å². The van der Waals surface area contributed by atoms with Crippen LogP contribution in [0.5, 0.6) is 0 Å². The number of aliphatic hydroxyl groups excluding tert-OH is 1. The lowest BCUT2D eigenvalue weighted by Gasteiger charge is -2.23. The molecule has 3 heteroatoms. The van der Waals surface area contributed by atoms with Crippen LogP contribution in [0.1, 0.15) is 44.9 Å². The summed E-state index contributed by atoms with van der Waals surface area (Å²) in [5.74, 6) is 1.96. The van der Waals surface area contributed by atoms with Gasteiger partial charge in [-0.1, -0.05) is 12.8 Å². The number of hydrogen-bond donors (Lipinski definition) is 1. The van der Waals surface area contributed by atoms with E-state index in [1.807, 2.05) is 0 Å². The molecule has 1 aliphatic heterocycles. The average Bonchev–Trinajstić information content (AvgIpc) is 2.82. The van der Waals surface area contributed by atoms with Gasteiger partial charge in [-0.15, -0.1) is 0 Å². The molecule has 3 fully saturated rings. The van der Waals surface area contributed by atoms with E-state index in [-0.39, 0.29) is 12.0 Å². The molecule has 18 heavy (non-hydrogen) atoms. The van der Waals surface area contributed by atoms with E-state index in [0.717, 1.165) is 45.3 Å². The summed E-state index contributed by atoms with van der Waals surface area (Å²) >= 11 is 0. The molecule has 0 aromatic carbocycles. The largest absolute Gasteiger partial charge is 0.393 e. The Hall–Kier alpha value is -0.410. The summed E-state index contributed by atoms with van der Waals surface area (Å²) in [5, 5.41) is 9.93. The summed E-state index contributed by atoms with van der Waals surface area (Å²) in [7, 11) is 0. The highest BCUT2D eigenvalue weighted by atomic mass is 16.3. The molecule has 0 bridgehead atoms. The van der Waals surface area contributed by atoms with Gasteiger partial charge in [-0.05, 0) is 31.6 Å². The minimum Gasteiger partial charge on any atom is -0.393 e. The Kier molecular flexibility index (Phi) is 3.71. The van der Waals surface area contributed by atoms with Gasteiger partial charge in [-0.25, -0.2) is 0 Å². The normalized spacial score (nSPS) is 41.9. The second-order valence-electron chi connectivity index (χ2n) is 6.55. The molecule has 2 aliphatic carbocycles. The van der Waals surface area contributed by atoms with Crippen molar-refractivity contribution >= 4 is 5.78 Å². The van der Waals surface area contributed by atoms with Gasteiger partial charge in [0, 0.05) is 37.9 Å². The van der Waals surface area contributed by atoms with Gasteiger partial charge in [0.1, 0.15) is 5.78 Å². The Morgan fingerprint density at radius 2 is 2.00 bits per heavy atom. The Balaban J connectivity index is 1.55. The van der Waals surface area contributed by atoms with Crippen LogP contribution in [0.2, 0.25) is 0 Å². The van der Waals surface area contributed by atoms with Crippen LogP contribution < -0.4 is 0 Å². The minimum atomic E-state index is -0.0789. The number of fused-ring (bicyclic) bond motifs is 1. The predicted molar refractivity (Wildman–Crippen MR) is 70.2 cm³/mol. The van der Waals surface area contributed by atoms with Crippen molar-refractivity contribution in [3.63, 3.8) is 0 Å². The topological polar surface area (TPSA) is 40.5 Å². The summed E-state index contributed by atoms with van der Waals surface area (Å²) < 4.78 is 0. The van der Waals surface area contributed by atoms with Crippen molar-refractivity contribution in [1.82, 2.24) is 4.90 Å². The van der Waals surface area contributed by atoms with Crippen LogP contribution in [0.3, 0.4) is 0 Å². The monoisotopic (exact) mass is 251 g/mol. The van der Waals surface area contributed by atoms with E-state index in [1.54, 1.807) is 0 Å². The molecule has 0 spiro atoms. The molecule has 3 nitrogen and oxygen atoms in total. The fraction of sp³-hybridized carbons (Fsp3) is 0.933. The molecule has 0 radical (unpaired) electrons. The van der Waals surface area contributed by atoms with E-state index in [9.17, 15) is 9.90 Å². The predicted octanol–water partition coefficient (Wildman–Crippen LogP) is 1.84. The molecule has 4 atom stereocenters. The maximum Gasteiger partial charge on any atom is 0.137 e. The smallest absolute Gasteiger partial charge is 0.137 e. The SMILES string of the molecule is O=C1CCCCCC1CN1CC2CCC(O)C2C1. The molecule has 0 aromatic heterocycles. The van der Waals surface area contributed by atoms with E-state index in [0.29, 0.717) is 17.6 Å². The third-order valence-corrected chi connectivity index (χ3v) is 5.30. The van der Waals surface area contributed by atoms with E-state index in [1.165, 1.54) is 19.3 Å². The number of carbonyl (C=O) groups is 1. The zero-order chi connectivity index (χ0) is 12.5. The van der Waals surface area contributed by atoms with Crippen LogP contribution >= 0.6 is 0 Å². The van der Waals surface area contributed by atoms with Gasteiger partial charge in [0.25, 0.3) is 0 Å². The lowest BCUT2D eigenvalue weighted by atomic mass is 9.98. The summed E-state index contributed by atoms with van der Waals surface area (Å²) in [6.45, 7) is 3.10. The first-order valence-corrected chi connectivity index (χ1v) is 7.67. The number of hydrogen-bond acceptors (Lipinski definition) is 3. The molecule has 1 saturated heterocycles. The van der Waals surface area contributed by atoms with Crippen LogP contribution in [0, 0.1) is 17.8 Å². The average molecular weight is 251 g/mol. The van der Waals surface area contributed by atoms with Gasteiger partial charge in [0.05, 0.1) is 6.10 Å². The zero-order valence-corrected chi connectivity index (χ0v) is 11.2.